The summed E-state index contributed by atoms with van der Waals surface area (Å²) in [5.74, 6) is 0.163. The second-order valence-electron chi connectivity index (χ2n) is 11.3. The number of β-amino-alcohol motifs (C(OH)–C–C–N with tert-alkyl or cyclic N) is 1. The number of carbonyl (C=O) groups excluding carboxylic acids is 2. The van der Waals surface area contributed by atoms with Crippen molar-refractivity contribution in [2.45, 2.75) is 39.2 Å². The Balaban J connectivity index is 1.41. The zero-order valence-corrected chi connectivity index (χ0v) is 22.7. The van der Waals surface area contributed by atoms with E-state index >= 15 is 0 Å². The lowest BCUT2D eigenvalue weighted by molar-refractivity contribution is 0.0764. The van der Waals surface area contributed by atoms with Gasteiger partial charge < -0.3 is 19.6 Å². The van der Waals surface area contributed by atoms with Crippen molar-refractivity contribution in [3.8, 4) is 22.4 Å². The number of benzene rings is 1. The Hall–Kier alpha value is -3.07. The maximum absolute atomic E-state index is 13.2. The number of anilines is 1. The number of ketones is 1. The Morgan fingerprint density at radius 1 is 1.11 bits per heavy atom. The first-order chi connectivity index (χ1) is 18.3. The van der Waals surface area contributed by atoms with Gasteiger partial charge in [0, 0.05) is 55.5 Å². The lowest BCUT2D eigenvalue weighted by Gasteiger charge is -2.30. The van der Waals surface area contributed by atoms with Gasteiger partial charge >= 0.3 is 0 Å². The van der Waals surface area contributed by atoms with Gasteiger partial charge in [-0.15, -0.1) is 11.3 Å². The third-order valence-electron chi connectivity index (χ3n) is 7.74. The number of hydrogen-bond donors (Lipinski definition) is 1. The van der Waals surface area contributed by atoms with E-state index in [0.717, 1.165) is 57.3 Å². The van der Waals surface area contributed by atoms with Crippen LogP contribution >= 0.6 is 11.3 Å². The normalized spacial score (nSPS) is 21.0. The van der Waals surface area contributed by atoms with Crippen molar-refractivity contribution >= 4 is 28.0 Å². The minimum Gasteiger partial charge on any atom is -0.391 e. The molecule has 0 radical (unpaired) electrons. The first kappa shape index (κ1) is 25.2. The van der Waals surface area contributed by atoms with E-state index in [0.29, 0.717) is 44.7 Å². The number of nitrogens with zero attached hydrogens (tertiary/aromatic N) is 3. The van der Waals surface area contributed by atoms with Crippen molar-refractivity contribution in [2.24, 2.45) is 5.41 Å². The van der Waals surface area contributed by atoms with E-state index < -0.39 is 6.10 Å². The molecule has 1 N–H and O–H groups in total. The molecular formula is C30H33N3O4S. The highest BCUT2D eigenvalue weighted by atomic mass is 32.1. The Labute approximate surface area is 227 Å². The maximum Gasteiger partial charge on any atom is 0.253 e. The van der Waals surface area contributed by atoms with Crippen LogP contribution in [0.3, 0.4) is 0 Å². The fourth-order valence-electron chi connectivity index (χ4n) is 5.85. The minimum atomic E-state index is -0.449. The first-order valence-electron chi connectivity index (χ1n) is 13.3. The highest BCUT2D eigenvalue weighted by Crippen LogP contribution is 2.49. The molecule has 6 rings (SSSR count). The average molecular weight is 532 g/mol. The Bertz CT molecular complexity index is 1390. The number of aliphatic hydroxyl groups is 1. The van der Waals surface area contributed by atoms with Gasteiger partial charge in [0.15, 0.2) is 5.78 Å². The molecule has 7 nitrogen and oxygen atoms in total. The van der Waals surface area contributed by atoms with Crippen LogP contribution in [0.25, 0.3) is 22.4 Å². The molecule has 0 saturated carbocycles. The summed E-state index contributed by atoms with van der Waals surface area (Å²) in [4.78, 5) is 35.9. The third kappa shape index (κ3) is 4.77. The molecule has 3 aliphatic rings. The van der Waals surface area contributed by atoms with Crippen LogP contribution in [0.5, 0.6) is 0 Å². The van der Waals surface area contributed by atoms with E-state index in [1.807, 2.05) is 36.5 Å². The summed E-state index contributed by atoms with van der Waals surface area (Å²) >= 11 is 1.62. The first-order valence-corrected chi connectivity index (χ1v) is 14.2. The van der Waals surface area contributed by atoms with Gasteiger partial charge in [0.05, 0.1) is 34.9 Å². The standard InChI is InChI=1S/C30H33N3O4S/c1-30(2)16-23-26(29(32-10-12-37-13-11-32)38-27(23)25(35)17-30)20-6-8-31-24(15-20)19-4-3-5-21(14-19)28(36)33-9-7-22(34)18-33/h3-6,8,14-15,22,34H,7,9-13,16-18H2,1-2H3/t22-/m0/s1. The number of thiophene rings is 1. The predicted octanol–water partition coefficient (Wildman–Crippen LogP) is 4.68. The number of aromatic nitrogens is 1. The molecule has 0 spiro atoms. The van der Waals surface area contributed by atoms with Crippen LogP contribution < -0.4 is 4.90 Å². The summed E-state index contributed by atoms with van der Waals surface area (Å²) in [5, 5.41) is 11.0. The Morgan fingerprint density at radius 2 is 1.92 bits per heavy atom. The van der Waals surface area contributed by atoms with Crippen LogP contribution in [0.1, 0.15) is 52.3 Å². The fourth-order valence-corrected chi connectivity index (χ4v) is 7.18. The molecule has 4 heterocycles. The zero-order valence-electron chi connectivity index (χ0n) is 21.9. The number of amides is 1. The predicted molar refractivity (Wildman–Crippen MR) is 149 cm³/mol. The molecule has 1 atom stereocenters. The SMILES string of the molecule is CC1(C)CC(=O)c2sc(N3CCOCC3)c(-c3ccnc(-c4cccc(C(=O)N5CC[C@H](O)C5)c4)c3)c2C1. The number of fused-ring (bicyclic) bond motifs is 1. The number of ether oxygens (including phenoxy) is 1. The van der Waals surface area contributed by atoms with Crippen molar-refractivity contribution in [1.29, 1.82) is 0 Å². The van der Waals surface area contributed by atoms with E-state index in [-0.39, 0.29) is 17.1 Å². The molecule has 8 heteroatoms. The quantitative estimate of drug-likeness (QED) is 0.527. The van der Waals surface area contributed by atoms with Crippen LogP contribution in [-0.2, 0) is 11.2 Å². The number of Topliss-reactive ketones (excluding diaryl/α,β-unsaturated/α-hetero) is 1. The van der Waals surface area contributed by atoms with Crippen LogP contribution in [0, 0.1) is 5.41 Å². The van der Waals surface area contributed by atoms with Gasteiger partial charge in [-0.1, -0.05) is 26.0 Å². The van der Waals surface area contributed by atoms with Crippen molar-refractivity contribution in [3.05, 3.63) is 58.6 Å². The van der Waals surface area contributed by atoms with E-state index in [9.17, 15) is 14.7 Å². The van der Waals surface area contributed by atoms with Gasteiger partial charge in [0.1, 0.15) is 0 Å². The van der Waals surface area contributed by atoms with Gasteiger partial charge in [-0.25, -0.2) is 0 Å². The zero-order chi connectivity index (χ0) is 26.4. The number of rotatable bonds is 4. The fraction of sp³-hybridized carbons (Fsp3) is 0.433. The molecule has 2 aromatic heterocycles. The summed E-state index contributed by atoms with van der Waals surface area (Å²) in [5.41, 5.74) is 5.48. The molecule has 1 amide bonds. The lowest BCUT2D eigenvalue weighted by atomic mass is 9.75. The number of carbonyl (C=O) groups is 2. The lowest BCUT2D eigenvalue weighted by Crippen LogP contribution is -2.36. The summed E-state index contributed by atoms with van der Waals surface area (Å²) in [6.07, 6.45) is 3.41. The molecule has 0 unspecified atom stereocenters. The van der Waals surface area contributed by atoms with Gasteiger partial charge in [-0.2, -0.15) is 0 Å². The van der Waals surface area contributed by atoms with Crippen molar-refractivity contribution < 1.29 is 19.4 Å². The molecule has 2 aliphatic heterocycles. The number of pyridine rings is 1. The van der Waals surface area contributed by atoms with E-state index in [4.69, 9.17) is 4.74 Å². The topological polar surface area (TPSA) is 83.0 Å². The molecule has 1 aliphatic carbocycles. The molecule has 1 aromatic carbocycles. The van der Waals surface area contributed by atoms with Crippen LogP contribution in [0.2, 0.25) is 0 Å². The molecule has 198 valence electrons. The van der Waals surface area contributed by atoms with Crippen molar-refractivity contribution in [1.82, 2.24) is 9.88 Å². The number of morpholine rings is 1. The van der Waals surface area contributed by atoms with Crippen molar-refractivity contribution in [2.75, 3.05) is 44.3 Å². The summed E-state index contributed by atoms with van der Waals surface area (Å²) in [6, 6.07) is 11.7. The van der Waals surface area contributed by atoms with Crippen LogP contribution in [0.4, 0.5) is 5.00 Å². The average Bonchev–Trinajstić information content (AvgIpc) is 3.52. The molecule has 2 fully saturated rings. The molecular weight excluding hydrogens is 498 g/mol. The van der Waals surface area contributed by atoms with E-state index in [2.05, 4.69) is 29.8 Å². The van der Waals surface area contributed by atoms with Crippen LogP contribution in [-0.4, -0.2) is 72.2 Å². The Morgan fingerprint density at radius 3 is 2.68 bits per heavy atom. The third-order valence-corrected chi connectivity index (χ3v) is 9.07. The smallest absolute Gasteiger partial charge is 0.253 e. The van der Waals surface area contributed by atoms with Gasteiger partial charge in [0.2, 0.25) is 0 Å². The minimum absolute atomic E-state index is 0.0678. The second kappa shape index (κ2) is 9.91. The van der Waals surface area contributed by atoms with Crippen molar-refractivity contribution in [3.63, 3.8) is 0 Å². The molecule has 2 saturated heterocycles. The monoisotopic (exact) mass is 531 g/mol. The van der Waals surface area contributed by atoms with Gasteiger partial charge in [0.25, 0.3) is 5.91 Å². The Kier molecular flexibility index (Phi) is 6.58. The highest BCUT2D eigenvalue weighted by Gasteiger charge is 2.37. The summed E-state index contributed by atoms with van der Waals surface area (Å²) < 4.78 is 5.61. The van der Waals surface area contributed by atoms with Gasteiger partial charge in [-0.3, -0.25) is 14.6 Å². The summed E-state index contributed by atoms with van der Waals surface area (Å²) in [6.45, 7) is 8.25. The maximum atomic E-state index is 13.2. The number of aliphatic hydroxyl groups excluding tert-OH is 1. The number of hydrogen-bond acceptors (Lipinski definition) is 7. The molecule has 38 heavy (non-hydrogen) atoms. The summed E-state index contributed by atoms with van der Waals surface area (Å²) in [7, 11) is 0. The van der Waals surface area contributed by atoms with E-state index in [1.165, 1.54) is 0 Å². The van der Waals surface area contributed by atoms with Gasteiger partial charge in [-0.05, 0) is 53.6 Å². The number of likely N-dealkylation sites (tertiary alicyclic amines) is 1. The molecule has 3 aromatic rings. The van der Waals surface area contributed by atoms with Crippen LogP contribution in [0.15, 0.2) is 42.6 Å². The second-order valence-corrected chi connectivity index (χ2v) is 12.3. The molecule has 0 bridgehead atoms. The highest BCUT2D eigenvalue weighted by molar-refractivity contribution is 7.19. The van der Waals surface area contributed by atoms with E-state index in [1.54, 1.807) is 16.2 Å². The largest absolute Gasteiger partial charge is 0.391 e.